The zero-order valence-electron chi connectivity index (χ0n) is 9.09. The third-order valence-corrected chi connectivity index (χ3v) is 4.59. The number of aromatic nitrogens is 1. The van der Waals surface area contributed by atoms with Gasteiger partial charge in [-0.15, -0.1) is 0 Å². The van der Waals surface area contributed by atoms with Crippen LogP contribution >= 0.6 is 0 Å². The number of nitrogens with zero attached hydrogens (tertiary/aromatic N) is 1. The van der Waals surface area contributed by atoms with Crippen molar-refractivity contribution in [3.63, 3.8) is 0 Å². The molecule has 1 saturated heterocycles. The van der Waals surface area contributed by atoms with Gasteiger partial charge < -0.3 is 5.32 Å². The van der Waals surface area contributed by atoms with Gasteiger partial charge in [-0.1, -0.05) is 6.07 Å². The van der Waals surface area contributed by atoms with Crippen molar-refractivity contribution in [1.82, 2.24) is 10.3 Å². The van der Waals surface area contributed by atoms with E-state index in [4.69, 9.17) is 0 Å². The lowest BCUT2D eigenvalue weighted by Crippen LogP contribution is -2.45. The molecule has 0 aliphatic carbocycles. The Hall–Kier alpha value is -0.940. The second-order valence-corrected chi connectivity index (χ2v) is 6.48. The van der Waals surface area contributed by atoms with Crippen molar-refractivity contribution in [2.75, 3.05) is 24.6 Å². The molecule has 0 atom stereocenters. The predicted molar refractivity (Wildman–Crippen MR) is 63.0 cm³/mol. The highest BCUT2D eigenvalue weighted by molar-refractivity contribution is 7.91. The molecule has 1 aromatic heterocycles. The summed E-state index contributed by atoms with van der Waals surface area (Å²) in [6.45, 7) is 1.68. The second-order valence-electron chi connectivity index (χ2n) is 4.25. The van der Waals surface area contributed by atoms with Crippen LogP contribution in [0.5, 0.6) is 0 Å². The first-order chi connectivity index (χ1) is 7.66. The maximum absolute atomic E-state index is 11.8. The Balaban J connectivity index is 1.84. The number of hydrogen-bond acceptors (Lipinski definition) is 4. The molecule has 0 unspecified atom stereocenters. The zero-order valence-corrected chi connectivity index (χ0v) is 9.91. The van der Waals surface area contributed by atoms with Gasteiger partial charge in [-0.2, -0.15) is 0 Å². The molecule has 0 amide bonds. The van der Waals surface area contributed by atoms with Gasteiger partial charge in [0.15, 0.2) is 9.84 Å². The molecule has 16 heavy (non-hydrogen) atoms. The smallest absolute Gasteiger partial charge is 0.151 e. The molecule has 1 aromatic rings. The van der Waals surface area contributed by atoms with Crippen LogP contribution in [0, 0.1) is 5.92 Å². The van der Waals surface area contributed by atoms with Crippen LogP contribution in [-0.4, -0.2) is 38.0 Å². The number of hydrogen-bond donors (Lipinski definition) is 1. The van der Waals surface area contributed by atoms with Crippen molar-refractivity contribution < 1.29 is 8.42 Å². The van der Waals surface area contributed by atoms with Gasteiger partial charge in [0, 0.05) is 25.5 Å². The molecule has 1 fully saturated rings. The molecule has 2 heterocycles. The first kappa shape index (κ1) is 11.5. The maximum atomic E-state index is 11.8. The molecule has 0 radical (unpaired) electrons. The zero-order chi connectivity index (χ0) is 11.4. The molecule has 1 aliphatic heterocycles. The highest BCUT2D eigenvalue weighted by Gasteiger charge is 2.23. The summed E-state index contributed by atoms with van der Waals surface area (Å²) < 4.78 is 23.5. The van der Waals surface area contributed by atoms with Crippen LogP contribution in [-0.2, 0) is 16.3 Å². The Labute approximate surface area is 96.0 Å². The van der Waals surface area contributed by atoms with E-state index in [1.807, 2.05) is 12.1 Å². The summed E-state index contributed by atoms with van der Waals surface area (Å²) in [5.74, 6) is 0.869. The van der Waals surface area contributed by atoms with Crippen LogP contribution < -0.4 is 5.32 Å². The summed E-state index contributed by atoms with van der Waals surface area (Å²) in [6, 6.07) is 3.74. The number of nitrogens with one attached hydrogen (secondary N) is 1. The molecule has 1 aliphatic rings. The van der Waals surface area contributed by atoms with Gasteiger partial charge in [0.1, 0.15) is 0 Å². The van der Waals surface area contributed by atoms with E-state index >= 15 is 0 Å². The van der Waals surface area contributed by atoms with E-state index in [9.17, 15) is 8.42 Å². The Morgan fingerprint density at radius 2 is 2.25 bits per heavy atom. The molecule has 5 heteroatoms. The van der Waals surface area contributed by atoms with Crippen LogP contribution in [0.15, 0.2) is 24.5 Å². The van der Waals surface area contributed by atoms with E-state index in [1.54, 1.807) is 12.4 Å². The van der Waals surface area contributed by atoms with Gasteiger partial charge in [0.25, 0.3) is 0 Å². The van der Waals surface area contributed by atoms with Gasteiger partial charge in [0.2, 0.25) is 0 Å². The minimum Gasteiger partial charge on any atom is -0.316 e. The summed E-state index contributed by atoms with van der Waals surface area (Å²) in [4.78, 5) is 3.97. The SMILES string of the molecule is O=S(=O)(CCc1cccnc1)CC1CNC1. The number of aryl methyl sites for hydroxylation is 1. The highest BCUT2D eigenvalue weighted by atomic mass is 32.2. The Kier molecular flexibility index (Phi) is 3.56. The topological polar surface area (TPSA) is 59.1 Å². The molecular formula is C11H16N2O2S. The molecular weight excluding hydrogens is 224 g/mol. The first-order valence-corrected chi connectivity index (χ1v) is 7.28. The predicted octanol–water partition coefficient (Wildman–Crippen LogP) is 0.258. The van der Waals surface area contributed by atoms with E-state index in [2.05, 4.69) is 10.3 Å². The van der Waals surface area contributed by atoms with Crippen LogP contribution in [0.25, 0.3) is 0 Å². The van der Waals surface area contributed by atoms with Crippen molar-refractivity contribution in [3.8, 4) is 0 Å². The third-order valence-electron chi connectivity index (χ3n) is 2.78. The summed E-state index contributed by atoms with van der Waals surface area (Å²) in [6.07, 6.45) is 3.98. The van der Waals surface area contributed by atoms with Crippen molar-refractivity contribution in [2.45, 2.75) is 6.42 Å². The van der Waals surface area contributed by atoms with Crippen LogP contribution in [0.4, 0.5) is 0 Å². The lowest BCUT2D eigenvalue weighted by atomic mass is 10.1. The molecule has 88 valence electrons. The number of sulfone groups is 1. The van der Waals surface area contributed by atoms with Gasteiger partial charge >= 0.3 is 0 Å². The lowest BCUT2D eigenvalue weighted by molar-refractivity contribution is 0.378. The fourth-order valence-corrected chi connectivity index (χ4v) is 3.40. The largest absolute Gasteiger partial charge is 0.316 e. The fourth-order valence-electron chi connectivity index (χ4n) is 1.73. The summed E-state index contributed by atoms with van der Waals surface area (Å²) in [5.41, 5.74) is 0.984. The average Bonchev–Trinajstić information content (AvgIpc) is 2.23. The lowest BCUT2D eigenvalue weighted by Gasteiger charge is -2.26. The quantitative estimate of drug-likeness (QED) is 0.802. The standard InChI is InChI=1S/C11H16N2O2S/c14-16(15,9-11-7-13-8-11)5-3-10-2-1-4-12-6-10/h1-2,4,6,11,13H,3,5,7-9H2. The number of pyridine rings is 1. The summed E-state index contributed by atoms with van der Waals surface area (Å²) >= 11 is 0. The van der Waals surface area contributed by atoms with Crippen molar-refractivity contribution >= 4 is 9.84 Å². The minimum absolute atomic E-state index is 0.231. The van der Waals surface area contributed by atoms with E-state index < -0.39 is 9.84 Å². The van der Waals surface area contributed by atoms with E-state index in [0.29, 0.717) is 18.1 Å². The molecule has 0 spiro atoms. The Bertz CT molecular complexity index is 427. The normalized spacial score (nSPS) is 17.0. The summed E-state index contributed by atoms with van der Waals surface area (Å²) in [5, 5.41) is 3.08. The molecule has 0 aromatic carbocycles. The van der Waals surface area contributed by atoms with Crippen LogP contribution in [0.3, 0.4) is 0 Å². The third kappa shape index (κ3) is 3.28. The van der Waals surface area contributed by atoms with E-state index in [0.717, 1.165) is 18.7 Å². The molecule has 1 N–H and O–H groups in total. The fraction of sp³-hybridized carbons (Fsp3) is 0.545. The first-order valence-electron chi connectivity index (χ1n) is 5.46. The van der Waals surface area contributed by atoms with Gasteiger partial charge in [-0.05, 0) is 24.0 Å². The van der Waals surface area contributed by atoms with Gasteiger partial charge in [0.05, 0.1) is 11.5 Å². The van der Waals surface area contributed by atoms with Gasteiger partial charge in [-0.25, -0.2) is 8.42 Å². The monoisotopic (exact) mass is 240 g/mol. The average molecular weight is 240 g/mol. The van der Waals surface area contributed by atoms with Crippen LogP contribution in [0.1, 0.15) is 5.56 Å². The molecule has 0 bridgehead atoms. The van der Waals surface area contributed by atoms with Crippen LogP contribution in [0.2, 0.25) is 0 Å². The van der Waals surface area contributed by atoms with Gasteiger partial charge in [-0.3, -0.25) is 4.98 Å². The number of rotatable bonds is 5. The van der Waals surface area contributed by atoms with Crippen molar-refractivity contribution in [2.24, 2.45) is 5.92 Å². The highest BCUT2D eigenvalue weighted by Crippen LogP contribution is 2.09. The molecule has 2 rings (SSSR count). The van der Waals surface area contributed by atoms with E-state index in [1.165, 1.54) is 0 Å². The Morgan fingerprint density at radius 3 is 2.81 bits per heavy atom. The second kappa shape index (κ2) is 4.93. The maximum Gasteiger partial charge on any atom is 0.151 e. The van der Waals surface area contributed by atoms with Crippen molar-refractivity contribution in [1.29, 1.82) is 0 Å². The Morgan fingerprint density at radius 1 is 1.44 bits per heavy atom. The minimum atomic E-state index is -2.91. The molecule has 4 nitrogen and oxygen atoms in total. The molecule has 0 saturated carbocycles. The summed E-state index contributed by atoms with van der Waals surface area (Å²) in [7, 11) is -2.91. The van der Waals surface area contributed by atoms with E-state index in [-0.39, 0.29) is 5.75 Å². The van der Waals surface area contributed by atoms with Crippen molar-refractivity contribution in [3.05, 3.63) is 30.1 Å².